The Kier molecular flexibility index (Phi) is 5.60. The Morgan fingerprint density at radius 3 is 2.24 bits per heavy atom. The van der Waals surface area contributed by atoms with E-state index in [2.05, 4.69) is 0 Å². The lowest BCUT2D eigenvalue weighted by Crippen LogP contribution is -2.44. The minimum atomic E-state index is -4.51. The summed E-state index contributed by atoms with van der Waals surface area (Å²) in [6.07, 6.45) is -6.62. The summed E-state index contributed by atoms with van der Waals surface area (Å²) in [5, 5.41) is 0.289. The number of amides is 1. The van der Waals surface area contributed by atoms with Crippen LogP contribution in [0.5, 0.6) is 0 Å². The first-order valence-corrected chi connectivity index (χ1v) is 7.51. The zero-order valence-electron chi connectivity index (χ0n) is 10.5. The molecule has 118 valence electrons. The second-order valence-corrected chi connectivity index (χ2v) is 6.33. The third-order valence-corrected chi connectivity index (χ3v) is 4.22. The standard InChI is InChI=1S/C11H12ClF3N2O3S/c12-7-1-3-8(4-2-7)21(19,20)17-9(10(16)18)5-6-11(13,14)15/h1-4,9,17H,5-6H2,(H2,16,18). The van der Waals surface area contributed by atoms with E-state index < -0.39 is 41.0 Å². The number of primary amides is 1. The van der Waals surface area contributed by atoms with E-state index in [0.29, 0.717) is 0 Å². The smallest absolute Gasteiger partial charge is 0.368 e. The number of hydrogen-bond acceptors (Lipinski definition) is 3. The lowest BCUT2D eigenvalue weighted by molar-refractivity contribution is -0.138. The number of sulfonamides is 1. The first kappa shape index (κ1) is 17.7. The van der Waals surface area contributed by atoms with Crippen molar-refractivity contribution >= 4 is 27.5 Å². The molecule has 0 bridgehead atoms. The van der Waals surface area contributed by atoms with Crippen LogP contribution in [0.15, 0.2) is 29.2 Å². The summed E-state index contributed by atoms with van der Waals surface area (Å²) in [6.45, 7) is 0. The molecule has 1 aromatic rings. The van der Waals surface area contributed by atoms with Gasteiger partial charge in [0.15, 0.2) is 0 Å². The Labute approximate surface area is 124 Å². The molecule has 0 saturated heterocycles. The van der Waals surface area contributed by atoms with Crippen LogP contribution >= 0.6 is 11.6 Å². The molecule has 0 heterocycles. The zero-order chi connectivity index (χ0) is 16.3. The molecule has 0 aromatic heterocycles. The number of hydrogen-bond donors (Lipinski definition) is 2. The van der Waals surface area contributed by atoms with Crippen molar-refractivity contribution in [2.45, 2.75) is 30.0 Å². The molecule has 21 heavy (non-hydrogen) atoms. The van der Waals surface area contributed by atoms with E-state index in [1.807, 2.05) is 4.72 Å². The topological polar surface area (TPSA) is 89.3 Å². The van der Waals surface area contributed by atoms with Gasteiger partial charge >= 0.3 is 6.18 Å². The summed E-state index contributed by atoms with van der Waals surface area (Å²) in [4.78, 5) is 10.9. The largest absolute Gasteiger partial charge is 0.389 e. The Balaban J connectivity index is 2.87. The van der Waals surface area contributed by atoms with Gasteiger partial charge in [-0.2, -0.15) is 17.9 Å². The summed E-state index contributed by atoms with van der Waals surface area (Å²) in [5.74, 6) is -1.18. The Morgan fingerprint density at radius 1 is 1.29 bits per heavy atom. The van der Waals surface area contributed by atoms with E-state index in [4.69, 9.17) is 17.3 Å². The van der Waals surface area contributed by atoms with Crippen molar-refractivity contribution in [1.82, 2.24) is 4.72 Å². The Hall–Kier alpha value is -1.32. The van der Waals surface area contributed by atoms with Gasteiger partial charge in [-0.05, 0) is 30.7 Å². The van der Waals surface area contributed by atoms with E-state index in [1.165, 1.54) is 12.1 Å². The quantitative estimate of drug-likeness (QED) is 0.824. The van der Waals surface area contributed by atoms with Crippen LogP contribution in [-0.2, 0) is 14.8 Å². The van der Waals surface area contributed by atoms with Gasteiger partial charge in [0, 0.05) is 11.4 Å². The predicted molar refractivity (Wildman–Crippen MR) is 70.0 cm³/mol. The third kappa shape index (κ3) is 5.90. The van der Waals surface area contributed by atoms with Gasteiger partial charge in [-0.1, -0.05) is 11.6 Å². The number of benzene rings is 1. The van der Waals surface area contributed by atoms with Gasteiger partial charge in [0.05, 0.1) is 4.90 Å². The molecule has 10 heteroatoms. The summed E-state index contributed by atoms with van der Waals surface area (Å²) in [6, 6.07) is 3.27. The number of halogens is 4. The molecule has 0 aliphatic heterocycles. The summed E-state index contributed by atoms with van der Waals surface area (Å²) < 4.78 is 62.1. The van der Waals surface area contributed by atoms with Gasteiger partial charge in [0.2, 0.25) is 15.9 Å². The van der Waals surface area contributed by atoms with Gasteiger partial charge in [-0.15, -0.1) is 0 Å². The highest BCUT2D eigenvalue weighted by atomic mass is 35.5. The lowest BCUT2D eigenvalue weighted by Gasteiger charge is -2.16. The molecule has 0 aliphatic carbocycles. The molecule has 1 amide bonds. The molecule has 0 fully saturated rings. The molecule has 0 aliphatic rings. The predicted octanol–water partition coefficient (Wildman–Crippen LogP) is 1.81. The molecule has 3 N–H and O–H groups in total. The van der Waals surface area contributed by atoms with Crippen molar-refractivity contribution in [3.63, 3.8) is 0 Å². The average Bonchev–Trinajstić information content (AvgIpc) is 2.33. The third-order valence-electron chi connectivity index (χ3n) is 2.48. The monoisotopic (exact) mass is 344 g/mol. The van der Waals surface area contributed by atoms with Crippen LogP contribution in [0.25, 0.3) is 0 Å². The first-order valence-electron chi connectivity index (χ1n) is 5.65. The van der Waals surface area contributed by atoms with Crippen LogP contribution in [0.4, 0.5) is 13.2 Å². The van der Waals surface area contributed by atoms with Crippen LogP contribution in [0, 0.1) is 0 Å². The van der Waals surface area contributed by atoms with Gasteiger partial charge in [0.1, 0.15) is 6.04 Å². The first-order chi connectivity index (χ1) is 9.51. The normalized spacial score (nSPS) is 13.9. The van der Waals surface area contributed by atoms with Crippen molar-refractivity contribution in [3.05, 3.63) is 29.3 Å². The molecule has 5 nitrogen and oxygen atoms in total. The fraction of sp³-hybridized carbons (Fsp3) is 0.364. The average molecular weight is 345 g/mol. The fourth-order valence-electron chi connectivity index (χ4n) is 1.44. The molecule has 1 atom stereocenters. The number of carbonyl (C=O) groups is 1. The number of nitrogens with one attached hydrogen (secondary N) is 1. The van der Waals surface area contributed by atoms with Gasteiger partial charge < -0.3 is 5.73 Å². The van der Waals surface area contributed by atoms with Crippen molar-refractivity contribution in [1.29, 1.82) is 0 Å². The van der Waals surface area contributed by atoms with E-state index in [0.717, 1.165) is 12.1 Å². The zero-order valence-corrected chi connectivity index (χ0v) is 12.1. The highest BCUT2D eigenvalue weighted by molar-refractivity contribution is 7.89. The van der Waals surface area contributed by atoms with E-state index >= 15 is 0 Å². The van der Waals surface area contributed by atoms with Crippen LogP contribution in [0.3, 0.4) is 0 Å². The lowest BCUT2D eigenvalue weighted by atomic mass is 10.1. The van der Waals surface area contributed by atoms with Gasteiger partial charge in [-0.3, -0.25) is 4.79 Å². The van der Waals surface area contributed by atoms with Gasteiger partial charge in [0.25, 0.3) is 0 Å². The molecule has 1 aromatic carbocycles. The summed E-state index contributed by atoms with van der Waals surface area (Å²) >= 11 is 5.60. The highest BCUT2D eigenvalue weighted by Crippen LogP contribution is 2.23. The molecule has 0 radical (unpaired) electrons. The molecular weight excluding hydrogens is 333 g/mol. The van der Waals surface area contributed by atoms with Crippen molar-refractivity contribution < 1.29 is 26.4 Å². The van der Waals surface area contributed by atoms with E-state index in [-0.39, 0.29) is 9.92 Å². The summed E-state index contributed by atoms with van der Waals surface area (Å²) in [5.41, 5.74) is 4.92. The van der Waals surface area contributed by atoms with Crippen LogP contribution in [-0.4, -0.2) is 26.5 Å². The van der Waals surface area contributed by atoms with Crippen molar-refractivity contribution in [2.24, 2.45) is 5.73 Å². The molecule has 0 spiro atoms. The minimum absolute atomic E-state index is 0.231. The number of carbonyl (C=O) groups excluding carboxylic acids is 1. The van der Waals surface area contributed by atoms with Gasteiger partial charge in [-0.25, -0.2) is 8.42 Å². The number of alkyl halides is 3. The minimum Gasteiger partial charge on any atom is -0.368 e. The van der Waals surface area contributed by atoms with E-state index in [1.54, 1.807) is 0 Å². The number of rotatable bonds is 6. The Bertz CT molecular complexity index is 602. The van der Waals surface area contributed by atoms with Crippen molar-refractivity contribution in [3.8, 4) is 0 Å². The second kappa shape index (κ2) is 6.63. The molecule has 0 saturated carbocycles. The van der Waals surface area contributed by atoms with Crippen LogP contribution in [0.1, 0.15) is 12.8 Å². The molecular formula is C11H12ClF3N2O3S. The maximum Gasteiger partial charge on any atom is 0.389 e. The van der Waals surface area contributed by atoms with Crippen LogP contribution in [0.2, 0.25) is 5.02 Å². The highest BCUT2D eigenvalue weighted by Gasteiger charge is 2.32. The molecule has 1 unspecified atom stereocenters. The maximum absolute atomic E-state index is 12.1. The molecule has 1 rings (SSSR count). The maximum atomic E-state index is 12.1. The van der Waals surface area contributed by atoms with Crippen molar-refractivity contribution in [2.75, 3.05) is 0 Å². The van der Waals surface area contributed by atoms with Crippen LogP contribution < -0.4 is 10.5 Å². The second-order valence-electron chi connectivity index (χ2n) is 4.18. The van der Waals surface area contributed by atoms with E-state index in [9.17, 15) is 26.4 Å². The fourth-order valence-corrected chi connectivity index (χ4v) is 2.80. The Morgan fingerprint density at radius 2 is 1.81 bits per heavy atom. The SMILES string of the molecule is NC(=O)C(CCC(F)(F)F)NS(=O)(=O)c1ccc(Cl)cc1. The summed E-state index contributed by atoms with van der Waals surface area (Å²) in [7, 11) is -4.17. The number of nitrogens with two attached hydrogens (primary N) is 1.